The van der Waals surface area contributed by atoms with Crippen molar-refractivity contribution in [2.24, 2.45) is 0 Å². The van der Waals surface area contributed by atoms with Gasteiger partial charge in [0.25, 0.3) is 0 Å². The molecule has 1 aromatic rings. The summed E-state index contributed by atoms with van der Waals surface area (Å²) >= 11 is 0. The fourth-order valence-corrected chi connectivity index (χ4v) is 7.15. The molecule has 0 saturated heterocycles. The van der Waals surface area contributed by atoms with Gasteiger partial charge in [-0.05, 0) is 18.4 Å². The fraction of sp³-hybridized carbons (Fsp3) is 0.476. The van der Waals surface area contributed by atoms with Crippen molar-refractivity contribution in [3.05, 3.63) is 59.3 Å². The van der Waals surface area contributed by atoms with E-state index in [1.807, 2.05) is 30.3 Å². The van der Waals surface area contributed by atoms with Crippen molar-refractivity contribution in [2.45, 2.75) is 57.2 Å². The number of ether oxygens (including phenoxy) is 1. The van der Waals surface area contributed by atoms with Crippen molar-refractivity contribution in [1.82, 2.24) is 0 Å². The molecule has 0 aromatic heterocycles. The Balaban J connectivity index is 2.48. The normalized spacial score (nSPS) is 22.8. The second-order valence-electron chi connectivity index (χ2n) is 6.99. The molecule has 130 valence electrons. The van der Waals surface area contributed by atoms with E-state index in [1.165, 1.54) is 30.8 Å². The average molecular weight is 343 g/mol. The maximum atomic E-state index is 12.7. The molecule has 1 unspecified atom stereocenters. The van der Waals surface area contributed by atoms with E-state index in [2.05, 4.69) is 33.0 Å². The van der Waals surface area contributed by atoms with Crippen molar-refractivity contribution >= 4 is 14.0 Å². The molecule has 0 heterocycles. The van der Waals surface area contributed by atoms with Crippen molar-refractivity contribution in [2.75, 3.05) is 7.11 Å². The molecule has 0 radical (unpaired) electrons. The summed E-state index contributed by atoms with van der Waals surface area (Å²) in [7, 11) is 0.0791. The monoisotopic (exact) mass is 342 g/mol. The molecular weight excluding hydrogens is 312 g/mol. The number of methoxy groups -OCH3 is 1. The zero-order valence-corrected chi connectivity index (χ0v) is 16.5. The summed E-state index contributed by atoms with van der Waals surface area (Å²) in [5.41, 5.74) is 5.37. The summed E-state index contributed by atoms with van der Waals surface area (Å²) in [5.74, 6) is -0.144. The van der Waals surface area contributed by atoms with Crippen LogP contribution in [0, 0.1) is 0 Å². The molecule has 0 aliphatic heterocycles. The molecule has 0 spiro atoms. The molecule has 2 nitrogen and oxygen atoms in total. The van der Waals surface area contributed by atoms with Crippen LogP contribution < -0.4 is 0 Å². The van der Waals surface area contributed by atoms with Crippen molar-refractivity contribution in [3.8, 4) is 0 Å². The Morgan fingerprint density at radius 2 is 1.75 bits per heavy atom. The summed E-state index contributed by atoms with van der Waals surface area (Å²) < 4.78 is 5.20. The number of esters is 1. The van der Waals surface area contributed by atoms with Gasteiger partial charge in [0.05, 0.1) is 15.2 Å². The molecule has 3 heteroatoms. The SMILES string of the molecule is C=C1CC(C(=O)OC)(c2ccccc2)C/C1=C/[Si](CC)(CC)CC. The summed E-state index contributed by atoms with van der Waals surface area (Å²) in [6.45, 7) is 11.2. The first-order valence-electron chi connectivity index (χ1n) is 9.00. The van der Waals surface area contributed by atoms with Crippen LogP contribution in [0.3, 0.4) is 0 Å². The van der Waals surface area contributed by atoms with Crippen molar-refractivity contribution in [1.29, 1.82) is 0 Å². The lowest BCUT2D eigenvalue weighted by Crippen LogP contribution is -2.34. The van der Waals surface area contributed by atoms with Crippen LogP contribution in [-0.4, -0.2) is 21.2 Å². The maximum Gasteiger partial charge on any atom is 0.316 e. The molecule has 0 amide bonds. The zero-order chi connectivity index (χ0) is 17.8. The quantitative estimate of drug-likeness (QED) is 0.509. The Labute approximate surface area is 147 Å². The minimum Gasteiger partial charge on any atom is -0.468 e. The molecule has 1 saturated carbocycles. The molecular formula is C21H30O2Si. The Morgan fingerprint density at radius 1 is 1.17 bits per heavy atom. The van der Waals surface area contributed by atoms with Gasteiger partial charge >= 0.3 is 5.97 Å². The maximum absolute atomic E-state index is 12.7. The molecule has 0 N–H and O–H groups in total. The number of hydrogen-bond acceptors (Lipinski definition) is 2. The first-order valence-corrected chi connectivity index (χ1v) is 11.7. The van der Waals surface area contributed by atoms with Gasteiger partial charge in [0.15, 0.2) is 0 Å². The van der Waals surface area contributed by atoms with Crippen LogP contribution >= 0.6 is 0 Å². The third kappa shape index (κ3) is 3.27. The van der Waals surface area contributed by atoms with Crippen LogP contribution in [0.5, 0.6) is 0 Å². The smallest absolute Gasteiger partial charge is 0.316 e. The van der Waals surface area contributed by atoms with Crippen LogP contribution in [0.25, 0.3) is 0 Å². The van der Waals surface area contributed by atoms with Gasteiger partial charge in [0.2, 0.25) is 0 Å². The molecule has 1 aromatic carbocycles. The Bertz CT molecular complexity index is 620. The standard InChI is InChI=1S/C21H30O2Si/c1-6-24(7-2,8-3)16-18-15-21(14-17(18)4,20(22)23-5)19-12-10-9-11-13-19/h9-13,16H,4,6-8,14-15H2,1-3,5H3/b18-16-. The molecule has 2 rings (SSSR count). The molecule has 1 fully saturated rings. The summed E-state index contributed by atoms with van der Waals surface area (Å²) in [6.07, 6.45) is 1.38. The zero-order valence-electron chi connectivity index (χ0n) is 15.5. The van der Waals surface area contributed by atoms with Gasteiger partial charge < -0.3 is 4.74 Å². The van der Waals surface area contributed by atoms with Crippen LogP contribution in [0.15, 0.2) is 53.8 Å². The number of hydrogen-bond donors (Lipinski definition) is 0. The van der Waals surface area contributed by atoms with Crippen LogP contribution in [0.2, 0.25) is 18.1 Å². The Hall–Kier alpha value is -1.61. The first-order chi connectivity index (χ1) is 11.5. The van der Waals surface area contributed by atoms with Gasteiger partial charge in [-0.1, -0.05) is 92.7 Å². The molecule has 1 aliphatic rings. The van der Waals surface area contributed by atoms with Gasteiger partial charge in [-0.3, -0.25) is 4.79 Å². The number of benzene rings is 1. The van der Waals surface area contributed by atoms with Gasteiger partial charge in [-0.2, -0.15) is 0 Å². The van der Waals surface area contributed by atoms with E-state index < -0.39 is 13.5 Å². The van der Waals surface area contributed by atoms with E-state index in [0.717, 1.165) is 17.6 Å². The second-order valence-corrected chi connectivity index (χ2v) is 12.1. The molecule has 24 heavy (non-hydrogen) atoms. The van der Waals surface area contributed by atoms with E-state index in [1.54, 1.807) is 0 Å². The minimum atomic E-state index is -1.41. The first kappa shape index (κ1) is 18.7. The highest BCUT2D eigenvalue weighted by Crippen LogP contribution is 2.48. The molecule has 1 atom stereocenters. The predicted octanol–water partition coefficient (Wildman–Crippen LogP) is 5.42. The van der Waals surface area contributed by atoms with Crippen molar-refractivity contribution in [3.63, 3.8) is 0 Å². The summed E-state index contributed by atoms with van der Waals surface area (Å²) in [5, 5.41) is 0. The van der Waals surface area contributed by atoms with Crippen LogP contribution in [0.1, 0.15) is 39.2 Å². The van der Waals surface area contributed by atoms with Crippen LogP contribution in [0.4, 0.5) is 0 Å². The summed E-state index contributed by atoms with van der Waals surface area (Å²) in [4.78, 5) is 12.7. The topological polar surface area (TPSA) is 26.3 Å². The number of carbonyl (C=O) groups is 1. The third-order valence-electron chi connectivity index (χ3n) is 5.96. The largest absolute Gasteiger partial charge is 0.468 e. The highest BCUT2D eigenvalue weighted by molar-refractivity contribution is 6.84. The van der Waals surface area contributed by atoms with E-state index in [0.29, 0.717) is 6.42 Å². The van der Waals surface area contributed by atoms with Gasteiger partial charge in [0, 0.05) is 0 Å². The van der Waals surface area contributed by atoms with Gasteiger partial charge in [-0.15, -0.1) is 0 Å². The van der Waals surface area contributed by atoms with Gasteiger partial charge in [-0.25, -0.2) is 0 Å². The molecule has 0 bridgehead atoms. The van der Waals surface area contributed by atoms with Crippen LogP contribution in [-0.2, 0) is 14.9 Å². The minimum absolute atomic E-state index is 0.144. The Kier molecular flexibility index (Phi) is 5.86. The summed E-state index contributed by atoms with van der Waals surface area (Å²) in [6, 6.07) is 13.8. The lowest BCUT2D eigenvalue weighted by molar-refractivity contribution is -0.147. The predicted molar refractivity (Wildman–Crippen MR) is 104 cm³/mol. The highest BCUT2D eigenvalue weighted by atomic mass is 28.3. The Morgan fingerprint density at radius 3 is 2.25 bits per heavy atom. The van der Waals surface area contributed by atoms with E-state index >= 15 is 0 Å². The van der Waals surface area contributed by atoms with E-state index in [9.17, 15) is 4.79 Å². The van der Waals surface area contributed by atoms with E-state index in [4.69, 9.17) is 4.74 Å². The number of allylic oxidation sites excluding steroid dienone is 2. The second kappa shape index (κ2) is 7.52. The molecule has 1 aliphatic carbocycles. The van der Waals surface area contributed by atoms with Crippen molar-refractivity contribution < 1.29 is 9.53 Å². The fourth-order valence-electron chi connectivity index (χ4n) is 3.99. The number of rotatable bonds is 6. The average Bonchev–Trinajstić information content (AvgIpc) is 2.97. The lowest BCUT2D eigenvalue weighted by atomic mass is 9.78. The van der Waals surface area contributed by atoms with E-state index in [-0.39, 0.29) is 5.97 Å². The van der Waals surface area contributed by atoms with Gasteiger partial charge in [0.1, 0.15) is 5.41 Å². The lowest BCUT2D eigenvalue weighted by Gasteiger charge is -2.27. The number of carbonyl (C=O) groups excluding carboxylic acids is 1. The third-order valence-corrected chi connectivity index (χ3v) is 11.1. The highest BCUT2D eigenvalue weighted by Gasteiger charge is 2.47.